The Labute approximate surface area is 168 Å². The third-order valence-electron chi connectivity index (χ3n) is 4.45. The van der Waals surface area contributed by atoms with E-state index in [-0.39, 0.29) is 12.5 Å². The first-order chi connectivity index (χ1) is 13.5. The summed E-state index contributed by atoms with van der Waals surface area (Å²) >= 11 is 1.73. The number of anilines is 2. The first-order valence-electron chi connectivity index (χ1n) is 8.93. The van der Waals surface area contributed by atoms with Crippen LogP contribution in [0.5, 0.6) is 0 Å². The van der Waals surface area contributed by atoms with Crippen molar-refractivity contribution in [2.75, 3.05) is 5.32 Å². The molecule has 6 nitrogen and oxygen atoms in total. The van der Waals surface area contributed by atoms with Crippen molar-refractivity contribution in [1.29, 1.82) is 0 Å². The van der Waals surface area contributed by atoms with E-state index in [1.54, 1.807) is 16.4 Å². The second kappa shape index (κ2) is 7.44. The van der Waals surface area contributed by atoms with Crippen molar-refractivity contribution in [2.45, 2.75) is 30.2 Å². The minimum absolute atomic E-state index is 0.152. The SMILES string of the molecule is C=C(NNC(=O)Cn1nc(C)cc1C)c1ccc2c(c1)Nc1ccccc1S2. The molecule has 1 aliphatic heterocycles. The van der Waals surface area contributed by atoms with Gasteiger partial charge in [-0.15, -0.1) is 0 Å². The molecule has 1 aliphatic rings. The zero-order chi connectivity index (χ0) is 19.7. The number of hydrogen-bond donors (Lipinski definition) is 3. The second-order valence-corrected chi connectivity index (χ2v) is 7.75. The largest absolute Gasteiger partial charge is 0.354 e. The number of amides is 1. The summed E-state index contributed by atoms with van der Waals surface area (Å²) in [6, 6.07) is 16.2. The van der Waals surface area contributed by atoms with Crippen LogP contribution in [0.1, 0.15) is 17.0 Å². The van der Waals surface area contributed by atoms with Gasteiger partial charge in [0.15, 0.2) is 0 Å². The number of rotatable bonds is 5. The summed E-state index contributed by atoms with van der Waals surface area (Å²) < 4.78 is 1.67. The molecule has 7 heteroatoms. The number of carbonyl (C=O) groups excluding carboxylic acids is 1. The topological polar surface area (TPSA) is 71.0 Å². The van der Waals surface area contributed by atoms with Crippen LogP contribution >= 0.6 is 11.8 Å². The van der Waals surface area contributed by atoms with Gasteiger partial charge in [-0.2, -0.15) is 5.10 Å². The number of hydrogen-bond acceptors (Lipinski definition) is 5. The van der Waals surface area contributed by atoms with Crippen molar-refractivity contribution in [3.05, 3.63) is 72.1 Å². The van der Waals surface area contributed by atoms with Crippen molar-refractivity contribution < 1.29 is 4.79 Å². The van der Waals surface area contributed by atoms with Crippen molar-refractivity contribution in [3.8, 4) is 0 Å². The Kier molecular flexibility index (Phi) is 4.83. The quantitative estimate of drug-likeness (QED) is 0.449. The van der Waals surface area contributed by atoms with Crippen LogP contribution in [0.3, 0.4) is 0 Å². The van der Waals surface area contributed by atoms with Gasteiger partial charge in [0.05, 0.1) is 22.8 Å². The summed E-state index contributed by atoms with van der Waals surface area (Å²) in [5.74, 6) is -0.187. The van der Waals surface area contributed by atoms with Gasteiger partial charge >= 0.3 is 0 Å². The van der Waals surface area contributed by atoms with Gasteiger partial charge in [-0.25, -0.2) is 0 Å². The van der Waals surface area contributed by atoms with Crippen LogP contribution in [0.15, 0.2) is 64.9 Å². The summed E-state index contributed by atoms with van der Waals surface area (Å²) in [6.07, 6.45) is 0. The summed E-state index contributed by atoms with van der Waals surface area (Å²) in [5.41, 5.74) is 11.1. The monoisotopic (exact) mass is 391 g/mol. The first kappa shape index (κ1) is 18.2. The van der Waals surface area contributed by atoms with Crippen molar-refractivity contribution in [1.82, 2.24) is 20.6 Å². The van der Waals surface area contributed by atoms with Crippen LogP contribution < -0.4 is 16.2 Å². The molecule has 0 spiro atoms. The lowest BCUT2D eigenvalue weighted by Gasteiger charge is -2.22. The minimum atomic E-state index is -0.187. The van der Waals surface area contributed by atoms with Crippen LogP contribution in [-0.4, -0.2) is 15.7 Å². The number of carbonyl (C=O) groups is 1. The van der Waals surface area contributed by atoms with Crippen molar-refractivity contribution in [3.63, 3.8) is 0 Å². The molecule has 142 valence electrons. The fourth-order valence-corrected chi connectivity index (χ4v) is 4.02. The van der Waals surface area contributed by atoms with Crippen molar-refractivity contribution in [2.24, 2.45) is 0 Å². The van der Waals surface area contributed by atoms with Gasteiger partial charge in [0, 0.05) is 21.0 Å². The maximum atomic E-state index is 12.2. The molecule has 0 fully saturated rings. The van der Waals surface area contributed by atoms with Gasteiger partial charge in [0.2, 0.25) is 0 Å². The van der Waals surface area contributed by atoms with E-state index in [0.29, 0.717) is 5.70 Å². The Hall–Kier alpha value is -3.19. The molecule has 0 bridgehead atoms. The third kappa shape index (κ3) is 3.75. The van der Waals surface area contributed by atoms with Gasteiger partial charge in [-0.05, 0) is 44.2 Å². The highest BCUT2D eigenvalue weighted by Gasteiger charge is 2.16. The molecule has 0 radical (unpaired) electrons. The second-order valence-electron chi connectivity index (χ2n) is 6.67. The predicted molar refractivity (Wildman–Crippen MR) is 112 cm³/mol. The molecule has 2 heterocycles. The van der Waals surface area contributed by atoms with Crippen molar-refractivity contribution >= 4 is 34.7 Å². The Morgan fingerprint density at radius 3 is 2.68 bits per heavy atom. The molecule has 2 aromatic carbocycles. The molecule has 3 aromatic rings. The number of benzene rings is 2. The normalized spacial score (nSPS) is 11.8. The van der Waals surface area contributed by atoms with Crippen LogP contribution in [0.2, 0.25) is 0 Å². The van der Waals surface area contributed by atoms with Gasteiger partial charge in [-0.1, -0.05) is 36.5 Å². The van der Waals surface area contributed by atoms with E-state index in [0.717, 1.165) is 33.2 Å². The van der Waals surface area contributed by atoms with E-state index < -0.39 is 0 Å². The highest BCUT2D eigenvalue weighted by atomic mass is 32.2. The van der Waals surface area contributed by atoms with E-state index in [2.05, 4.69) is 46.0 Å². The number of para-hydroxylation sites is 1. The smallest absolute Gasteiger partial charge is 0.260 e. The van der Waals surface area contributed by atoms with Gasteiger partial charge in [-0.3, -0.25) is 20.3 Å². The average Bonchev–Trinajstić information content (AvgIpc) is 3.00. The lowest BCUT2D eigenvalue weighted by molar-refractivity contribution is -0.122. The molecule has 0 unspecified atom stereocenters. The minimum Gasteiger partial charge on any atom is -0.354 e. The molecule has 0 atom stereocenters. The molecule has 0 saturated heterocycles. The summed E-state index contributed by atoms with van der Waals surface area (Å²) in [5, 5.41) is 7.75. The predicted octanol–water partition coefficient (Wildman–Crippen LogP) is 4.00. The van der Waals surface area contributed by atoms with E-state index in [9.17, 15) is 4.79 Å². The number of hydrazine groups is 1. The fourth-order valence-electron chi connectivity index (χ4n) is 3.05. The molecule has 3 N–H and O–H groups in total. The molecular weight excluding hydrogens is 370 g/mol. The van der Waals surface area contributed by atoms with Crippen LogP contribution in [0.25, 0.3) is 5.70 Å². The highest BCUT2D eigenvalue weighted by Crippen LogP contribution is 2.44. The number of nitrogens with one attached hydrogen (secondary N) is 3. The molecule has 1 amide bonds. The zero-order valence-corrected chi connectivity index (χ0v) is 16.6. The van der Waals surface area contributed by atoms with E-state index in [4.69, 9.17) is 0 Å². The van der Waals surface area contributed by atoms with E-state index in [1.807, 2.05) is 44.2 Å². The number of nitrogens with zero attached hydrogens (tertiary/aromatic N) is 2. The molecule has 0 saturated carbocycles. The molecule has 28 heavy (non-hydrogen) atoms. The third-order valence-corrected chi connectivity index (χ3v) is 5.61. The van der Waals surface area contributed by atoms with Gasteiger partial charge in [0.1, 0.15) is 6.54 Å². The zero-order valence-electron chi connectivity index (χ0n) is 15.7. The van der Waals surface area contributed by atoms with E-state index in [1.165, 1.54) is 4.90 Å². The molecule has 4 rings (SSSR count). The molecule has 1 aromatic heterocycles. The maximum Gasteiger partial charge on any atom is 0.260 e. The van der Waals surface area contributed by atoms with Crippen LogP contribution in [-0.2, 0) is 11.3 Å². The van der Waals surface area contributed by atoms with Crippen LogP contribution in [0.4, 0.5) is 11.4 Å². The lowest BCUT2D eigenvalue weighted by atomic mass is 10.1. The highest BCUT2D eigenvalue weighted by molar-refractivity contribution is 7.99. The average molecular weight is 392 g/mol. The number of aromatic nitrogens is 2. The lowest BCUT2D eigenvalue weighted by Crippen LogP contribution is -2.38. The van der Waals surface area contributed by atoms with Crippen LogP contribution in [0, 0.1) is 13.8 Å². The first-order valence-corrected chi connectivity index (χ1v) is 9.74. The summed E-state index contributed by atoms with van der Waals surface area (Å²) in [4.78, 5) is 14.5. The van der Waals surface area contributed by atoms with Gasteiger partial charge in [0.25, 0.3) is 5.91 Å². The molecule has 0 aliphatic carbocycles. The Bertz CT molecular complexity index is 1070. The standard InChI is InChI=1S/C21H21N5OS/c1-13-10-14(2)26(25-13)12-21(27)24-23-15(3)16-8-9-20-18(11-16)22-17-6-4-5-7-19(17)28-20/h4-11,22-23H,3,12H2,1-2H3,(H,24,27). The summed E-state index contributed by atoms with van der Waals surface area (Å²) in [6.45, 7) is 8.02. The Morgan fingerprint density at radius 1 is 1.11 bits per heavy atom. The fraction of sp³-hybridized carbons (Fsp3) is 0.143. The Morgan fingerprint density at radius 2 is 1.89 bits per heavy atom. The number of fused-ring (bicyclic) bond motifs is 2. The van der Waals surface area contributed by atoms with Gasteiger partial charge < -0.3 is 5.32 Å². The molecular formula is C21H21N5OS. The number of aryl methyl sites for hydroxylation is 2. The maximum absolute atomic E-state index is 12.2. The summed E-state index contributed by atoms with van der Waals surface area (Å²) in [7, 11) is 0. The Balaban J connectivity index is 1.39. The van der Waals surface area contributed by atoms with E-state index >= 15 is 0 Å².